The lowest BCUT2D eigenvalue weighted by Crippen LogP contribution is -2.36. The van der Waals surface area contributed by atoms with Gasteiger partial charge in [-0.05, 0) is 94.1 Å². The zero-order valence-electron chi connectivity index (χ0n) is 17.9. The minimum Gasteiger partial charge on any atom is -0.374 e. The molecule has 1 saturated heterocycles. The Bertz CT molecular complexity index is 508. The predicted molar refractivity (Wildman–Crippen MR) is 111 cm³/mol. The summed E-state index contributed by atoms with van der Waals surface area (Å²) in [5, 5.41) is 0. The Morgan fingerprint density at radius 1 is 0.897 bits per heavy atom. The summed E-state index contributed by atoms with van der Waals surface area (Å²) < 4.78 is 41.3. The molecular formula is C24H38F2O3. The van der Waals surface area contributed by atoms with Gasteiger partial charge in [-0.1, -0.05) is 18.9 Å². The molecule has 3 aliphatic rings. The van der Waals surface area contributed by atoms with Crippen LogP contribution in [0.1, 0.15) is 71.1 Å². The molecule has 0 radical (unpaired) electrons. The molecule has 166 valence electrons. The van der Waals surface area contributed by atoms with Crippen molar-refractivity contribution in [1.29, 1.82) is 0 Å². The lowest BCUT2D eigenvalue weighted by atomic mass is 9.68. The van der Waals surface area contributed by atoms with Gasteiger partial charge in [-0.2, -0.15) is 8.78 Å². The van der Waals surface area contributed by atoms with E-state index in [-0.39, 0.29) is 12.4 Å². The fourth-order valence-electron chi connectivity index (χ4n) is 5.38. The third-order valence-electron chi connectivity index (χ3n) is 7.08. The summed E-state index contributed by atoms with van der Waals surface area (Å²) in [6, 6.07) is 0. The van der Waals surface area contributed by atoms with Gasteiger partial charge >= 0.3 is 0 Å². The second kappa shape index (κ2) is 12.2. The molecule has 0 aromatic carbocycles. The molecule has 3 fully saturated rings. The lowest BCUT2D eigenvalue weighted by Gasteiger charge is -2.37. The number of rotatable bonds is 8. The average molecular weight is 413 g/mol. The van der Waals surface area contributed by atoms with Crippen molar-refractivity contribution < 1.29 is 23.0 Å². The van der Waals surface area contributed by atoms with Crippen LogP contribution >= 0.6 is 0 Å². The maximum Gasteiger partial charge on any atom is 0.266 e. The molecule has 0 spiro atoms. The second-order valence-corrected chi connectivity index (χ2v) is 9.02. The third kappa shape index (κ3) is 7.76. The fraction of sp³-hybridized carbons (Fsp3) is 0.833. The molecule has 0 unspecified atom stereocenters. The predicted octanol–water partition coefficient (Wildman–Crippen LogP) is 6.49. The van der Waals surface area contributed by atoms with Crippen LogP contribution in [0.3, 0.4) is 0 Å². The molecule has 1 aliphatic heterocycles. The third-order valence-corrected chi connectivity index (χ3v) is 7.08. The molecule has 2 aliphatic carbocycles. The maximum atomic E-state index is 12.2. The van der Waals surface area contributed by atoms with Crippen LogP contribution in [-0.4, -0.2) is 32.2 Å². The van der Waals surface area contributed by atoms with Crippen LogP contribution in [0.5, 0.6) is 0 Å². The van der Waals surface area contributed by atoms with Crippen LogP contribution < -0.4 is 0 Å². The van der Waals surface area contributed by atoms with Gasteiger partial charge in [-0.3, -0.25) is 0 Å². The average Bonchev–Trinajstić information content (AvgIpc) is 2.74. The molecule has 2 saturated carbocycles. The van der Waals surface area contributed by atoms with E-state index in [0.29, 0.717) is 38.1 Å². The quantitative estimate of drug-likeness (QED) is 0.426. The van der Waals surface area contributed by atoms with E-state index in [9.17, 15) is 8.78 Å². The highest BCUT2D eigenvalue weighted by Gasteiger charge is 2.30. The van der Waals surface area contributed by atoms with Crippen LogP contribution in [0.15, 0.2) is 24.3 Å². The largest absolute Gasteiger partial charge is 0.374 e. The summed E-state index contributed by atoms with van der Waals surface area (Å²) in [7, 11) is 0. The first-order valence-electron chi connectivity index (χ1n) is 11.7. The molecule has 0 N–H and O–H groups in total. The Morgan fingerprint density at radius 2 is 1.52 bits per heavy atom. The molecule has 29 heavy (non-hydrogen) atoms. The molecule has 3 rings (SSSR count). The van der Waals surface area contributed by atoms with Crippen LogP contribution in [-0.2, 0) is 14.2 Å². The fourth-order valence-corrected chi connectivity index (χ4v) is 5.38. The smallest absolute Gasteiger partial charge is 0.266 e. The lowest BCUT2D eigenvalue weighted by molar-refractivity contribution is -0.204. The summed E-state index contributed by atoms with van der Waals surface area (Å²) in [6.45, 7) is 3.90. The van der Waals surface area contributed by atoms with Gasteiger partial charge in [-0.15, -0.1) is 0 Å². The summed E-state index contributed by atoms with van der Waals surface area (Å²) in [5.74, 6) is 3.00. The highest BCUT2D eigenvalue weighted by Crippen LogP contribution is 2.42. The van der Waals surface area contributed by atoms with Crippen molar-refractivity contribution in [2.75, 3.05) is 19.8 Å². The van der Waals surface area contributed by atoms with Gasteiger partial charge in [0.05, 0.1) is 13.2 Å². The number of allylic oxidation sites excluding steroid dienone is 2. The van der Waals surface area contributed by atoms with E-state index in [0.717, 1.165) is 24.3 Å². The van der Waals surface area contributed by atoms with Crippen LogP contribution in [0.4, 0.5) is 8.78 Å². The Balaban J connectivity index is 1.30. The maximum absolute atomic E-state index is 12.2. The van der Waals surface area contributed by atoms with Crippen molar-refractivity contribution >= 4 is 0 Å². The zero-order chi connectivity index (χ0) is 20.5. The summed E-state index contributed by atoms with van der Waals surface area (Å²) >= 11 is 0. The molecular weight excluding hydrogens is 374 g/mol. The van der Waals surface area contributed by atoms with Crippen molar-refractivity contribution in [3.63, 3.8) is 0 Å². The molecule has 0 amide bonds. The minimum atomic E-state index is -1.53. The summed E-state index contributed by atoms with van der Waals surface area (Å²) in [6.07, 6.45) is 15.5. The van der Waals surface area contributed by atoms with Gasteiger partial charge in [0.1, 0.15) is 6.10 Å². The van der Waals surface area contributed by atoms with E-state index in [1.165, 1.54) is 51.4 Å². The number of hydrogen-bond donors (Lipinski definition) is 0. The van der Waals surface area contributed by atoms with Crippen LogP contribution in [0.25, 0.3) is 0 Å². The number of hydrogen-bond acceptors (Lipinski definition) is 3. The van der Waals surface area contributed by atoms with Gasteiger partial charge in [0.25, 0.3) is 6.08 Å². The molecule has 1 heterocycles. The minimum absolute atomic E-state index is 0.0662. The van der Waals surface area contributed by atoms with E-state index in [4.69, 9.17) is 14.2 Å². The Morgan fingerprint density at radius 3 is 2.10 bits per heavy atom. The van der Waals surface area contributed by atoms with Crippen molar-refractivity contribution in [3.05, 3.63) is 24.3 Å². The van der Waals surface area contributed by atoms with E-state index in [1.807, 2.05) is 6.92 Å². The Kier molecular flexibility index (Phi) is 9.60. The monoisotopic (exact) mass is 412 g/mol. The standard InChI is InChI=1S/C24H38F2O3/c1-2-27-22-16-28-24(29-17-22)15-10-19-8-13-21(14-9-19)20-11-6-18(7-12-20)4-3-5-23(25)26/h5,10,15,18-22,24H,2-4,6-9,11-14,16-17H2,1H3/b15-10+. The van der Waals surface area contributed by atoms with Gasteiger partial charge in [0, 0.05) is 6.61 Å². The first kappa shape index (κ1) is 22.9. The first-order chi connectivity index (χ1) is 14.1. The molecule has 0 aromatic heterocycles. The van der Waals surface area contributed by atoms with E-state index >= 15 is 0 Å². The van der Waals surface area contributed by atoms with E-state index < -0.39 is 6.08 Å². The van der Waals surface area contributed by atoms with Crippen molar-refractivity contribution in [3.8, 4) is 0 Å². The SMILES string of the molecule is CCOC1COC(/C=C/C2CCC(C3CCC(CCC=C(F)F)CC3)CC2)OC1. The molecule has 3 nitrogen and oxygen atoms in total. The van der Waals surface area contributed by atoms with Gasteiger partial charge in [-0.25, -0.2) is 0 Å². The number of halogens is 2. The van der Waals surface area contributed by atoms with Gasteiger partial charge < -0.3 is 14.2 Å². The highest BCUT2D eigenvalue weighted by atomic mass is 19.3. The van der Waals surface area contributed by atoms with Gasteiger partial charge in [0.2, 0.25) is 0 Å². The normalized spacial score (nSPS) is 36.2. The van der Waals surface area contributed by atoms with Crippen LogP contribution in [0, 0.1) is 23.7 Å². The zero-order valence-corrected chi connectivity index (χ0v) is 17.9. The molecule has 0 aromatic rings. The van der Waals surface area contributed by atoms with Gasteiger partial charge in [0.15, 0.2) is 6.29 Å². The van der Waals surface area contributed by atoms with Crippen molar-refractivity contribution in [2.45, 2.75) is 83.5 Å². The van der Waals surface area contributed by atoms with Crippen molar-refractivity contribution in [1.82, 2.24) is 0 Å². The van der Waals surface area contributed by atoms with E-state index in [2.05, 4.69) is 12.2 Å². The Hall–Kier alpha value is -0.780. The molecule has 0 atom stereocenters. The molecule has 0 bridgehead atoms. The summed E-state index contributed by atoms with van der Waals surface area (Å²) in [4.78, 5) is 0. The van der Waals surface area contributed by atoms with Crippen LogP contribution in [0.2, 0.25) is 0 Å². The topological polar surface area (TPSA) is 27.7 Å². The van der Waals surface area contributed by atoms with E-state index in [1.54, 1.807) is 0 Å². The second-order valence-electron chi connectivity index (χ2n) is 9.02. The summed E-state index contributed by atoms with van der Waals surface area (Å²) in [5.41, 5.74) is 0. The first-order valence-corrected chi connectivity index (χ1v) is 11.7. The number of ether oxygens (including phenoxy) is 3. The van der Waals surface area contributed by atoms with Crippen molar-refractivity contribution in [2.24, 2.45) is 23.7 Å². The Labute approximate surface area is 174 Å². The molecule has 5 heteroatoms. The highest BCUT2D eigenvalue weighted by molar-refractivity contribution is 4.95.